The Labute approximate surface area is 75.7 Å². The molecule has 0 saturated heterocycles. The normalized spacial score (nSPS) is 38.6. The number of hydrogen-bond acceptors (Lipinski definition) is 0. The molecule has 0 aromatic heterocycles. The minimum atomic E-state index is 1.07. The summed E-state index contributed by atoms with van der Waals surface area (Å²) >= 11 is 0. The molecule has 12 heavy (non-hydrogen) atoms. The van der Waals surface area contributed by atoms with Crippen molar-refractivity contribution in [1.29, 1.82) is 0 Å². The van der Waals surface area contributed by atoms with Crippen molar-refractivity contribution in [3.05, 3.63) is 0 Å². The monoisotopic (exact) mass is 162 g/mol. The van der Waals surface area contributed by atoms with Gasteiger partial charge in [0.2, 0.25) is 0 Å². The molecule has 0 radical (unpaired) electrons. The van der Waals surface area contributed by atoms with Gasteiger partial charge in [0, 0.05) is 12.8 Å². The molecule has 2 rings (SSSR count). The maximum absolute atomic E-state index is 3.26. The van der Waals surface area contributed by atoms with Gasteiger partial charge in [0.15, 0.2) is 0 Å². The molecule has 1 saturated carbocycles. The zero-order valence-corrected chi connectivity index (χ0v) is 7.97. The van der Waals surface area contributed by atoms with Crippen molar-refractivity contribution in [2.45, 2.75) is 45.4 Å². The van der Waals surface area contributed by atoms with E-state index in [1.807, 2.05) is 0 Å². The first kappa shape index (κ1) is 8.17. The fourth-order valence-corrected chi connectivity index (χ4v) is 2.80. The van der Waals surface area contributed by atoms with E-state index >= 15 is 0 Å². The fraction of sp³-hybridized carbons (Fsp3) is 0.833. The molecule has 66 valence electrons. The Hall–Kier alpha value is -0.440. The smallest absolute Gasteiger partial charge is 0.00915 e. The number of fused-ring (bicyclic) bond motifs is 1. The Bertz CT molecular complexity index is 188. The first-order valence-corrected chi connectivity index (χ1v) is 5.39. The zero-order valence-electron chi connectivity index (χ0n) is 7.97. The van der Waals surface area contributed by atoms with Gasteiger partial charge in [0.05, 0.1) is 0 Å². The molecule has 0 bridgehead atoms. The molecule has 0 nitrogen and oxygen atoms in total. The van der Waals surface area contributed by atoms with Gasteiger partial charge in [-0.15, -0.1) is 11.8 Å². The van der Waals surface area contributed by atoms with Crippen molar-refractivity contribution in [3.8, 4) is 11.8 Å². The first-order chi connectivity index (χ1) is 5.93. The van der Waals surface area contributed by atoms with Crippen LogP contribution in [0, 0.1) is 29.6 Å². The Morgan fingerprint density at radius 1 is 1.08 bits per heavy atom. The summed E-state index contributed by atoms with van der Waals surface area (Å²) in [6.45, 7) is 2.31. The zero-order chi connectivity index (χ0) is 8.39. The summed E-state index contributed by atoms with van der Waals surface area (Å²) in [7, 11) is 0. The molecule has 0 aromatic carbocycles. The molecule has 1 unspecified atom stereocenters. The van der Waals surface area contributed by atoms with Gasteiger partial charge in [-0.3, -0.25) is 0 Å². The van der Waals surface area contributed by atoms with Gasteiger partial charge < -0.3 is 0 Å². The predicted molar refractivity (Wildman–Crippen MR) is 51.6 cm³/mol. The Kier molecular flexibility index (Phi) is 2.40. The van der Waals surface area contributed by atoms with Crippen LogP contribution in [0.1, 0.15) is 45.4 Å². The third-order valence-electron chi connectivity index (χ3n) is 3.46. The van der Waals surface area contributed by atoms with E-state index in [-0.39, 0.29) is 0 Å². The summed E-state index contributed by atoms with van der Waals surface area (Å²) in [5.41, 5.74) is 0. The summed E-state index contributed by atoms with van der Waals surface area (Å²) < 4.78 is 0. The molecule has 2 aliphatic carbocycles. The average Bonchev–Trinajstić information content (AvgIpc) is 2.61. The highest BCUT2D eigenvalue weighted by Gasteiger charge is 2.47. The van der Waals surface area contributed by atoms with Crippen LogP contribution in [0.2, 0.25) is 0 Å². The third kappa shape index (κ3) is 1.51. The van der Waals surface area contributed by atoms with Crippen LogP contribution in [0.4, 0.5) is 0 Å². The molecule has 0 heteroatoms. The lowest BCUT2D eigenvalue weighted by Crippen LogP contribution is -1.85. The molecule has 0 amide bonds. The van der Waals surface area contributed by atoms with Crippen molar-refractivity contribution in [3.63, 3.8) is 0 Å². The highest BCUT2D eigenvalue weighted by molar-refractivity contribution is 5.07. The van der Waals surface area contributed by atoms with Crippen LogP contribution in [0.5, 0.6) is 0 Å². The summed E-state index contributed by atoms with van der Waals surface area (Å²) in [4.78, 5) is 0. The molecule has 0 heterocycles. The van der Waals surface area contributed by atoms with Crippen molar-refractivity contribution < 1.29 is 0 Å². The standard InChI is InChI=1S/C12H18/c1-2-7-10-11-8-5-3-4-6-9-12(10)11/h10-12H,2,5-9H2,1H3/t10?,11-,12+. The van der Waals surface area contributed by atoms with E-state index in [9.17, 15) is 0 Å². The molecule has 0 spiro atoms. The van der Waals surface area contributed by atoms with E-state index in [2.05, 4.69) is 18.8 Å². The lowest BCUT2D eigenvalue weighted by Gasteiger charge is -1.96. The minimum Gasteiger partial charge on any atom is -0.103 e. The molecule has 0 aromatic rings. The largest absolute Gasteiger partial charge is 0.103 e. The van der Waals surface area contributed by atoms with E-state index in [1.54, 1.807) is 0 Å². The maximum Gasteiger partial charge on any atom is 0.00915 e. The second-order valence-corrected chi connectivity index (χ2v) is 4.21. The van der Waals surface area contributed by atoms with E-state index in [4.69, 9.17) is 0 Å². The minimum absolute atomic E-state index is 1.07. The number of rotatable bonds is 2. The van der Waals surface area contributed by atoms with Crippen molar-refractivity contribution in [1.82, 2.24) is 0 Å². The van der Waals surface area contributed by atoms with Gasteiger partial charge in [-0.1, -0.05) is 19.8 Å². The van der Waals surface area contributed by atoms with Gasteiger partial charge >= 0.3 is 0 Å². The second kappa shape index (κ2) is 3.52. The SMILES string of the molecule is CCCC1[C@H]2CCC#CCC[C@@H]12. The molecule has 3 atom stereocenters. The summed E-state index contributed by atoms with van der Waals surface area (Å²) in [5.74, 6) is 9.73. The van der Waals surface area contributed by atoms with E-state index < -0.39 is 0 Å². The Balaban J connectivity index is 1.87. The fourth-order valence-electron chi connectivity index (χ4n) is 2.80. The van der Waals surface area contributed by atoms with Crippen LogP contribution < -0.4 is 0 Å². The van der Waals surface area contributed by atoms with Gasteiger partial charge in [0.25, 0.3) is 0 Å². The predicted octanol–water partition coefficient (Wildman–Crippen LogP) is 3.23. The summed E-state index contributed by atoms with van der Waals surface area (Å²) in [6.07, 6.45) is 7.96. The lowest BCUT2D eigenvalue weighted by atomic mass is 10.1. The van der Waals surface area contributed by atoms with Crippen LogP contribution in [0.25, 0.3) is 0 Å². The van der Waals surface area contributed by atoms with Crippen LogP contribution >= 0.6 is 0 Å². The van der Waals surface area contributed by atoms with Crippen LogP contribution in [-0.2, 0) is 0 Å². The van der Waals surface area contributed by atoms with E-state index in [0.717, 1.165) is 17.8 Å². The Morgan fingerprint density at radius 2 is 1.67 bits per heavy atom. The van der Waals surface area contributed by atoms with Crippen LogP contribution in [0.15, 0.2) is 0 Å². The quantitative estimate of drug-likeness (QED) is 0.547. The highest BCUT2D eigenvalue weighted by Crippen LogP contribution is 2.54. The maximum atomic E-state index is 3.26. The molecular formula is C12H18. The third-order valence-corrected chi connectivity index (χ3v) is 3.46. The molecule has 1 fully saturated rings. The summed E-state index contributed by atoms with van der Waals surface area (Å²) in [6, 6.07) is 0. The van der Waals surface area contributed by atoms with Gasteiger partial charge in [-0.2, -0.15) is 0 Å². The topological polar surface area (TPSA) is 0 Å². The number of hydrogen-bond donors (Lipinski definition) is 0. The first-order valence-electron chi connectivity index (χ1n) is 5.39. The second-order valence-electron chi connectivity index (χ2n) is 4.21. The molecule has 0 aliphatic heterocycles. The van der Waals surface area contributed by atoms with Gasteiger partial charge in [0.1, 0.15) is 0 Å². The van der Waals surface area contributed by atoms with Crippen molar-refractivity contribution in [2.75, 3.05) is 0 Å². The van der Waals surface area contributed by atoms with Crippen LogP contribution in [0.3, 0.4) is 0 Å². The lowest BCUT2D eigenvalue weighted by molar-refractivity contribution is 0.605. The Morgan fingerprint density at radius 3 is 2.17 bits per heavy atom. The van der Waals surface area contributed by atoms with Gasteiger partial charge in [-0.05, 0) is 30.6 Å². The van der Waals surface area contributed by atoms with Crippen LogP contribution in [-0.4, -0.2) is 0 Å². The average molecular weight is 162 g/mol. The van der Waals surface area contributed by atoms with E-state index in [1.165, 1.54) is 38.5 Å². The van der Waals surface area contributed by atoms with Crippen molar-refractivity contribution in [2.24, 2.45) is 17.8 Å². The van der Waals surface area contributed by atoms with E-state index in [0.29, 0.717) is 0 Å². The van der Waals surface area contributed by atoms with Crippen molar-refractivity contribution >= 4 is 0 Å². The van der Waals surface area contributed by atoms with Gasteiger partial charge in [-0.25, -0.2) is 0 Å². The molecular weight excluding hydrogens is 144 g/mol. The summed E-state index contributed by atoms with van der Waals surface area (Å²) in [5, 5.41) is 0. The molecule has 0 N–H and O–H groups in total. The molecule has 2 aliphatic rings. The highest BCUT2D eigenvalue weighted by atomic mass is 14.5.